The van der Waals surface area contributed by atoms with Crippen molar-refractivity contribution in [1.29, 1.82) is 0 Å². The van der Waals surface area contributed by atoms with Gasteiger partial charge in [0, 0.05) is 16.9 Å². The lowest BCUT2D eigenvalue weighted by molar-refractivity contribution is -0.119. The molecule has 0 aliphatic carbocycles. The van der Waals surface area contributed by atoms with E-state index in [1.54, 1.807) is 32.0 Å². The first kappa shape index (κ1) is 15.1. The standard InChI is InChI=1S/C17H14F2N2O2/c1-17(2)11-8-10(4-6-14(11)21-16(17)23)20-15(22)9-3-5-12(18)13(19)7-9/h3-8H,1-2H3,(H,20,22)(H,21,23). The Hall–Kier alpha value is -2.76. The molecule has 0 bridgehead atoms. The van der Waals surface area contributed by atoms with E-state index >= 15 is 0 Å². The highest BCUT2D eigenvalue weighted by Crippen LogP contribution is 2.38. The summed E-state index contributed by atoms with van der Waals surface area (Å²) in [7, 11) is 0. The Balaban J connectivity index is 1.87. The normalized spacial score (nSPS) is 15.0. The van der Waals surface area contributed by atoms with Crippen molar-refractivity contribution in [1.82, 2.24) is 0 Å². The van der Waals surface area contributed by atoms with Crippen LogP contribution in [0, 0.1) is 11.6 Å². The molecule has 1 heterocycles. The molecule has 3 rings (SSSR count). The maximum Gasteiger partial charge on any atom is 0.255 e. The van der Waals surface area contributed by atoms with Gasteiger partial charge in [0.25, 0.3) is 5.91 Å². The molecule has 6 heteroatoms. The molecule has 0 saturated carbocycles. The highest BCUT2D eigenvalue weighted by Gasteiger charge is 2.38. The smallest absolute Gasteiger partial charge is 0.255 e. The minimum Gasteiger partial charge on any atom is -0.325 e. The highest BCUT2D eigenvalue weighted by atomic mass is 19.2. The second-order valence-electron chi connectivity index (χ2n) is 5.92. The summed E-state index contributed by atoms with van der Waals surface area (Å²) in [4.78, 5) is 24.0. The van der Waals surface area contributed by atoms with Crippen LogP contribution in [0.15, 0.2) is 36.4 Å². The van der Waals surface area contributed by atoms with Gasteiger partial charge in [-0.05, 0) is 55.8 Å². The summed E-state index contributed by atoms with van der Waals surface area (Å²) in [5, 5.41) is 5.39. The zero-order valence-corrected chi connectivity index (χ0v) is 12.5. The van der Waals surface area contributed by atoms with Gasteiger partial charge in [0.1, 0.15) is 0 Å². The molecule has 0 spiro atoms. The molecule has 2 aromatic rings. The van der Waals surface area contributed by atoms with Crippen LogP contribution in [-0.2, 0) is 10.2 Å². The summed E-state index contributed by atoms with van der Waals surface area (Å²) in [6, 6.07) is 7.98. The number of hydrogen-bond acceptors (Lipinski definition) is 2. The summed E-state index contributed by atoms with van der Waals surface area (Å²) in [5.74, 6) is -2.76. The summed E-state index contributed by atoms with van der Waals surface area (Å²) >= 11 is 0. The lowest BCUT2D eigenvalue weighted by Gasteiger charge is -2.16. The Bertz CT molecular complexity index is 831. The van der Waals surface area contributed by atoms with Crippen LogP contribution in [0.4, 0.5) is 20.2 Å². The van der Waals surface area contributed by atoms with Gasteiger partial charge in [0.15, 0.2) is 11.6 Å². The molecule has 0 saturated heterocycles. The van der Waals surface area contributed by atoms with Crippen LogP contribution in [0.2, 0.25) is 0 Å². The molecule has 0 fully saturated rings. The Labute approximate surface area is 131 Å². The third-order valence-electron chi connectivity index (χ3n) is 3.95. The summed E-state index contributed by atoms with van der Waals surface area (Å²) in [6.45, 7) is 3.57. The molecule has 23 heavy (non-hydrogen) atoms. The van der Waals surface area contributed by atoms with E-state index in [2.05, 4.69) is 10.6 Å². The molecule has 0 radical (unpaired) electrons. The van der Waals surface area contributed by atoms with E-state index in [0.29, 0.717) is 11.4 Å². The zero-order valence-electron chi connectivity index (χ0n) is 12.5. The fraction of sp³-hybridized carbons (Fsp3) is 0.176. The van der Waals surface area contributed by atoms with Gasteiger partial charge in [-0.1, -0.05) is 0 Å². The third kappa shape index (κ3) is 2.56. The predicted octanol–water partition coefficient (Wildman–Crippen LogP) is 3.45. The molecule has 0 atom stereocenters. The lowest BCUT2D eigenvalue weighted by atomic mass is 9.86. The molecule has 1 aliphatic heterocycles. The topological polar surface area (TPSA) is 58.2 Å². The Morgan fingerprint density at radius 1 is 1.09 bits per heavy atom. The average molecular weight is 316 g/mol. The largest absolute Gasteiger partial charge is 0.325 e. The fourth-order valence-corrected chi connectivity index (χ4v) is 2.49. The maximum atomic E-state index is 13.2. The van der Waals surface area contributed by atoms with Crippen LogP contribution >= 0.6 is 0 Å². The number of benzene rings is 2. The van der Waals surface area contributed by atoms with E-state index in [0.717, 1.165) is 17.7 Å². The number of amides is 2. The van der Waals surface area contributed by atoms with E-state index in [1.165, 1.54) is 6.07 Å². The third-order valence-corrected chi connectivity index (χ3v) is 3.95. The average Bonchev–Trinajstić information content (AvgIpc) is 2.72. The molecule has 2 amide bonds. The number of hydrogen-bond donors (Lipinski definition) is 2. The van der Waals surface area contributed by atoms with E-state index in [9.17, 15) is 18.4 Å². The first-order valence-electron chi connectivity index (χ1n) is 7.01. The number of nitrogens with one attached hydrogen (secondary N) is 2. The number of anilines is 2. The van der Waals surface area contributed by atoms with Crippen molar-refractivity contribution in [3.8, 4) is 0 Å². The molecular formula is C17H14F2N2O2. The number of carbonyl (C=O) groups is 2. The zero-order chi connectivity index (χ0) is 16.8. The molecule has 4 nitrogen and oxygen atoms in total. The molecular weight excluding hydrogens is 302 g/mol. The fourth-order valence-electron chi connectivity index (χ4n) is 2.49. The monoisotopic (exact) mass is 316 g/mol. The van der Waals surface area contributed by atoms with Gasteiger partial charge in [-0.15, -0.1) is 0 Å². The predicted molar refractivity (Wildman–Crippen MR) is 82.4 cm³/mol. The van der Waals surface area contributed by atoms with E-state index < -0.39 is 23.0 Å². The second-order valence-corrected chi connectivity index (χ2v) is 5.92. The summed E-state index contributed by atoms with van der Waals surface area (Å²) < 4.78 is 26.1. The molecule has 118 valence electrons. The van der Waals surface area contributed by atoms with Crippen LogP contribution in [0.25, 0.3) is 0 Å². The van der Waals surface area contributed by atoms with Gasteiger partial charge >= 0.3 is 0 Å². The van der Waals surface area contributed by atoms with E-state index in [-0.39, 0.29) is 11.5 Å². The molecule has 0 aromatic heterocycles. The van der Waals surface area contributed by atoms with Crippen molar-refractivity contribution >= 4 is 23.2 Å². The molecule has 0 unspecified atom stereocenters. The minimum atomic E-state index is -1.08. The van der Waals surface area contributed by atoms with Crippen LogP contribution in [-0.4, -0.2) is 11.8 Å². The van der Waals surface area contributed by atoms with Crippen molar-refractivity contribution in [2.24, 2.45) is 0 Å². The SMILES string of the molecule is CC1(C)C(=O)Nc2ccc(NC(=O)c3ccc(F)c(F)c3)cc21. The van der Waals surface area contributed by atoms with E-state index in [4.69, 9.17) is 0 Å². The summed E-state index contributed by atoms with van der Waals surface area (Å²) in [5.41, 5.74) is 1.26. The number of carbonyl (C=O) groups excluding carboxylic acids is 2. The quantitative estimate of drug-likeness (QED) is 0.891. The highest BCUT2D eigenvalue weighted by molar-refractivity contribution is 6.07. The van der Waals surface area contributed by atoms with Gasteiger partial charge in [0.05, 0.1) is 5.41 Å². The van der Waals surface area contributed by atoms with Crippen molar-refractivity contribution < 1.29 is 18.4 Å². The maximum absolute atomic E-state index is 13.2. The number of halogens is 2. The number of fused-ring (bicyclic) bond motifs is 1. The number of rotatable bonds is 2. The lowest BCUT2D eigenvalue weighted by Crippen LogP contribution is -2.26. The minimum absolute atomic E-state index is 0.0119. The molecule has 2 aromatic carbocycles. The first-order valence-corrected chi connectivity index (χ1v) is 7.01. The van der Waals surface area contributed by atoms with Gasteiger partial charge < -0.3 is 10.6 Å². The van der Waals surface area contributed by atoms with Gasteiger partial charge in [-0.2, -0.15) is 0 Å². The van der Waals surface area contributed by atoms with Crippen LogP contribution in [0.5, 0.6) is 0 Å². The van der Waals surface area contributed by atoms with Gasteiger partial charge in [-0.25, -0.2) is 8.78 Å². The van der Waals surface area contributed by atoms with Crippen molar-refractivity contribution in [2.45, 2.75) is 19.3 Å². The van der Waals surface area contributed by atoms with E-state index in [1.807, 2.05) is 0 Å². The second kappa shape index (κ2) is 5.15. The summed E-state index contributed by atoms with van der Waals surface area (Å²) in [6.07, 6.45) is 0. The van der Waals surface area contributed by atoms with Crippen molar-refractivity contribution in [3.05, 3.63) is 59.2 Å². The molecule has 2 N–H and O–H groups in total. The van der Waals surface area contributed by atoms with Crippen LogP contribution < -0.4 is 10.6 Å². The first-order chi connectivity index (χ1) is 10.8. The van der Waals surface area contributed by atoms with Crippen LogP contribution in [0.3, 0.4) is 0 Å². The van der Waals surface area contributed by atoms with Crippen LogP contribution in [0.1, 0.15) is 29.8 Å². The van der Waals surface area contributed by atoms with Crippen molar-refractivity contribution in [3.63, 3.8) is 0 Å². The van der Waals surface area contributed by atoms with Gasteiger partial charge in [0.2, 0.25) is 5.91 Å². The Morgan fingerprint density at radius 3 is 2.52 bits per heavy atom. The Morgan fingerprint density at radius 2 is 1.83 bits per heavy atom. The van der Waals surface area contributed by atoms with Gasteiger partial charge in [-0.3, -0.25) is 9.59 Å². The molecule has 1 aliphatic rings. The Kier molecular flexibility index (Phi) is 3.39. The van der Waals surface area contributed by atoms with Crippen molar-refractivity contribution in [2.75, 3.05) is 10.6 Å².